The number of carbonyl (C=O) groups is 2. The normalized spacial score (nSPS) is 15.0. The average Bonchev–Trinajstić information content (AvgIpc) is 2.69. The first-order valence-corrected chi connectivity index (χ1v) is 9.63. The second kappa shape index (κ2) is 8.53. The predicted octanol–water partition coefficient (Wildman–Crippen LogP) is 4.35. The minimum Gasteiger partial charge on any atom is -0.339 e. The molecule has 27 heavy (non-hydrogen) atoms. The van der Waals surface area contributed by atoms with Crippen molar-refractivity contribution in [2.75, 3.05) is 18.4 Å². The molecule has 2 heterocycles. The van der Waals surface area contributed by atoms with E-state index >= 15 is 0 Å². The Morgan fingerprint density at radius 2 is 1.78 bits per heavy atom. The predicted molar refractivity (Wildman–Crippen MR) is 107 cm³/mol. The maximum atomic E-state index is 12.7. The van der Waals surface area contributed by atoms with Crippen molar-refractivity contribution in [3.8, 4) is 0 Å². The van der Waals surface area contributed by atoms with Crippen molar-refractivity contribution in [3.63, 3.8) is 0 Å². The first-order chi connectivity index (χ1) is 12.9. The summed E-state index contributed by atoms with van der Waals surface area (Å²) in [5.74, 6) is 0.795. The van der Waals surface area contributed by atoms with E-state index < -0.39 is 0 Å². The van der Waals surface area contributed by atoms with Gasteiger partial charge in [-0.25, -0.2) is 4.98 Å². The quantitative estimate of drug-likeness (QED) is 0.851. The third kappa shape index (κ3) is 4.86. The van der Waals surface area contributed by atoms with Crippen LogP contribution in [0.15, 0.2) is 42.6 Å². The Labute approximate surface area is 164 Å². The molecule has 6 heteroatoms. The van der Waals surface area contributed by atoms with Gasteiger partial charge in [-0.3, -0.25) is 9.59 Å². The molecule has 1 saturated heterocycles. The molecule has 1 aliphatic rings. The van der Waals surface area contributed by atoms with Gasteiger partial charge in [-0.15, -0.1) is 0 Å². The zero-order valence-corrected chi connectivity index (χ0v) is 16.4. The number of nitrogens with zero attached hydrogens (tertiary/aromatic N) is 2. The molecule has 1 fully saturated rings. The molecule has 1 aromatic heterocycles. The van der Waals surface area contributed by atoms with Crippen LogP contribution in [0.25, 0.3) is 0 Å². The molecule has 2 amide bonds. The number of rotatable bonds is 4. The summed E-state index contributed by atoms with van der Waals surface area (Å²) >= 11 is 5.80. The van der Waals surface area contributed by atoms with E-state index in [0.717, 1.165) is 0 Å². The van der Waals surface area contributed by atoms with Crippen molar-refractivity contribution in [2.45, 2.75) is 32.6 Å². The van der Waals surface area contributed by atoms with Crippen molar-refractivity contribution in [3.05, 3.63) is 58.7 Å². The lowest BCUT2D eigenvalue weighted by Crippen LogP contribution is -2.41. The van der Waals surface area contributed by atoms with Crippen LogP contribution in [0.1, 0.15) is 48.5 Å². The smallest absolute Gasteiger partial charge is 0.253 e. The summed E-state index contributed by atoms with van der Waals surface area (Å²) in [5.41, 5.74) is 1.92. The standard InChI is InChI=1S/C21H24ClN3O2/c1-14(2)15-3-5-17(6-4-15)21(27)25-11-9-16(10-12-25)20(26)24-19-8-7-18(22)13-23-19/h3-8,13-14,16H,9-12H2,1-2H3,(H,23,24,26). The molecular formula is C21H24ClN3O2. The number of piperidine rings is 1. The highest BCUT2D eigenvalue weighted by molar-refractivity contribution is 6.30. The molecule has 1 aliphatic heterocycles. The van der Waals surface area contributed by atoms with E-state index in [2.05, 4.69) is 24.1 Å². The Bertz CT molecular complexity index is 795. The van der Waals surface area contributed by atoms with Gasteiger partial charge in [-0.2, -0.15) is 0 Å². The zero-order chi connectivity index (χ0) is 19.4. The van der Waals surface area contributed by atoms with E-state index in [9.17, 15) is 9.59 Å². The fraction of sp³-hybridized carbons (Fsp3) is 0.381. The molecule has 0 saturated carbocycles. The number of nitrogens with one attached hydrogen (secondary N) is 1. The molecule has 0 atom stereocenters. The minimum atomic E-state index is -0.116. The number of carbonyl (C=O) groups excluding carboxylic acids is 2. The molecule has 0 aliphatic carbocycles. The second-order valence-corrected chi connectivity index (χ2v) is 7.63. The Morgan fingerprint density at radius 3 is 2.33 bits per heavy atom. The Balaban J connectivity index is 1.54. The van der Waals surface area contributed by atoms with Crippen LogP contribution in [0.2, 0.25) is 5.02 Å². The number of benzene rings is 1. The molecule has 0 unspecified atom stereocenters. The minimum absolute atomic E-state index is 0.0310. The van der Waals surface area contributed by atoms with Crippen molar-refractivity contribution in [1.29, 1.82) is 0 Å². The molecule has 1 aromatic carbocycles. The molecular weight excluding hydrogens is 362 g/mol. The van der Waals surface area contributed by atoms with Gasteiger partial charge in [0.05, 0.1) is 5.02 Å². The van der Waals surface area contributed by atoms with Gasteiger partial charge in [0, 0.05) is 30.8 Å². The topological polar surface area (TPSA) is 62.3 Å². The number of halogens is 1. The maximum Gasteiger partial charge on any atom is 0.253 e. The third-order valence-electron chi connectivity index (χ3n) is 4.96. The fourth-order valence-electron chi connectivity index (χ4n) is 3.22. The molecule has 1 N–H and O–H groups in total. The van der Waals surface area contributed by atoms with Crippen molar-refractivity contribution < 1.29 is 9.59 Å². The van der Waals surface area contributed by atoms with Crippen molar-refractivity contribution in [2.24, 2.45) is 5.92 Å². The zero-order valence-electron chi connectivity index (χ0n) is 15.6. The lowest BCUT2D eigenvalue weighted by atomic mass is 9.95. The molecule has 142 valence electrons. The summed E-state index contributed by atoms with van der Waals surface area (Å²) in [6.07, 6.45) is 2.80. The van der Waals surface area contributed by atoms with Crippen LogP contribution in [-0.2, 0) is 4.79 Å². The van der Waals surface area contributed by atoms with Gasteiger partial charge < -0.3 is 10.2 Å². The highest BCUT2D eigenvalue weighted by Gasteiger charge is 2.28. The first-order valence-electron chi connectivity index (χ1n) is 9.25. The van der Waals surface area contributed by atoms with E-state index in [1.54, 1.807) is 12.1 Å². The van der Waals surface area contributed by atoms with E-state index in [1.165, 1.54) is 11.8 Å². The van der Waals surface area contributed by atoms with Crippen molar-refractivity contribution >= 4 is 29.2 Å². The van der Waals surface area contributed by atoms with Crippen LogP contribution in [0, 0.1) is 5.92 Å². The number of pyridine rings is 1. The fourth-order valence-corrected chi connectivity index (χ4v) is 3.33. The lowest BCUT2D eigenvalue weighted by Gasteiger charge is -2.31. The van der Waals surface area contributed by atoms with Gasteiger partial charge >= 0.3 is 0 Å². The summed E-state index contributed by atoms with van der Waals surface area (Å²) in [6.45, 7) is 5.42. The number of amides is 2. The summed E-state index contributed by atoms with van der Waals surface area (Å²) in [6, 6.07) is 11.2. The van der Waals surface area contributed by atoms with Gasteiger partial charge in [-0.1, -0.05) is 37.6 Å². The van der Waals surface area contributed by atoms with E-state index in [4.69, 9.17) is 11.6 Å². The summed E-state index contributed by atoms with van der Waals surface area (Å²) < 4.78 is 0. The molecule has 0 radical (unpaired) electrons. The SMILES string of the molecule is CC(C)c1ccc(C(=O)N2CCC(C(=O)Nc3ccc(Cl)cn3)CC2)cc1. The van der Waals surface area contributed by atoms with Gasteiger partial charge in [-0.05, 0) is 48.6 Å². The van der Waals surface area contributed by atoms with Gasteiger partial charge in [0.1, 0.15) is 5.82 Å². The van der Waals surface area contributed by atoms with Gasteiger partial charge in [0.25, 0.3) is 5.91 Å². The molecule has 0 spiro atoms. The number of hydrogen-bond acceptors (Lipinski definition) is 3. The number of aromatic nitrogens is 1. The highest BCUT2D eigenvalue weighted by atomic mass is 35.5. The average molecular weight is 386 g/mol. The summed E-state index contributed by atoms with van der Waals surface area (Å²) in [7, 11) is 0. The Kier molecular flexibility index (Phi) is 6.11. The van der Waals surface area contributed by atoms with Crippen LogP contribution in [-0.4, -0.2) is 34.8 Å². The van der Waals surface area contributed by atoms with E-state index in [0.29, 0.717) is 48.3 Å². The molecule has 2 aromatic rings. The third-order valence-corrected chi connectivity index (χ3v) is 5.18. The molecule has 0 bridgehead atoms. The van der Waals surface area contributed by atoms with Gasteiger partial charge in [0.15, 0.2) is 0 Å². The Hall–Kier alpha value is -2.40. The first kappa shape index (κ1) is 19.4. The maximum absolute atomic E-state index is 12.7. The van der Waals surface area contributed by atoms with Crippen LogP contribution in [0.4, 0.5) is 5.82 Å². The van der Waals surface area contributed by atoms with Gasteiger partial charge in [0.2, 0.25) is 5.91 Å². The monoisotopic (exact) mass is 385 g/mol. The molecule has 5 nitrogen and oxygen atoms in total. The van der Waals surface area contributed by atoms with Crippen LogP contribution < -0.4 is 5.32 Å². The number of likely N-dealkylation sites (tertiary alicyclic amines) is 1. The second-order valence-electron chi connectivity index (χ2n) is 7.19. The number of anilines is 1. The van der Waals surface area contributed by atoms with E-state index in [1.807, 2.05) is 29.2 Å². The highest BCUT2D eigenvalue weighted by Crippen LogP contribution is 2.22. The lowest BCUT2D eigenvalue weighted by molar-refractivity contribution is -0.121. The van der Waals surface area contributed by atoms with Crippen LogP contribution >= 0.6 is 11.6 Å². The molecule has 3 rings (SSSR count). The van der Waals surface area contributed by atoms with E-state index in [-0.39, 0.29) is 17.7 Å². The summed E-state index contributed by atoms with van der Waals surface area (Å²) in [5, 5.41) is 3.35. The largest absolute Gasteiger partial charge is 0.339 e. The van der Waals surface area contributed by atoms with Crippen LogP contribution in [0.5, 0.6) is 0 Å². The number of hydrogen-bond donors (Lipinski definition) is 1. The Morgan fingerprint density at radius 1 is 1.11 bits per heavy atom. The summed E-state index contributed by atoms with van der Waals surface area (Å²) in [4.78, 5) is 31.0. The van der Waals surface area contributed by atoms with Crippen molar-refractivity contribution in [1.82, 2.24) is 9.88 Å². The van der Waals surface area contributed by atoms with Crippen LogP contribution in [0.3, 0.4) is 0 Å².